The van der Waals surface area contributed by atoms with Crippen molar-refractivity contribution in [1.29, 1.82) is 0 Å². The summed E-state index contributed by atoms with van der Waals surface area (Å²) < 4.78 is 14.9. The minimum absolute atomic E-state index is 0.342. The molecule has 1 aliphatic rings. The zero-order valence-corrected chi connectivity index (χ0v) is 12.3. The quantitative estimate of drug-likeness (QED) is 0.930. The van der Waals surface area contributed by atoms with Crippen LogP contribution < -0.4 is 5.73 Å². The van der Waals surface area contributed by atoms with Gasteiger partial charge in [-0.1, -0.05) is 18.5 Å². The van der Waals surface area contributed by atoms with E-state index in [0.29, 0.717) is 22.7 Å². The normalized spacial score (nSPS) is 16.4. The molecule has 0 saturated heterocycles. The zero-order chi connectivity index (χ0) is 14.4. The van der Waals surface area contributed by atoms with Crippen LogP contribution in [-0.4, -0.2) is 9.78 Å². The molecule has 3 rings (SSSR count). The second kappa shape index (κ2) is 4.77. The predicted molar refractivity (Wildman–Crippen MR) is 79.2 cm³/mol. The molecule has 2 aromatic rings. The van der Waals surface area contributed by atoms with Crippen LogP contribution in [0, 0.1) is 11.7 Å². The third-order valence-electron chi connectivity index (χ3n) is 4.08. The number of hydrogen-bond acceptors (Lipinski definition) is 2. The highest BCUT2D eigenvalue weighted by Crippen LogP contribution is 2.46. The first kappa shape index (κ1) is 13.4. The summed E-state index contributed by atoms with van der Waals surface area (Å²) in [4.78, 5) is 0. The van der Waals surface area contributed by atoms with Gasteiger partial charge in [-0.05, 0) is 37.0 Å². The predicted octanol–water partition coefficient (Wildman–Crippen LogP) is 3.98. The van der Waals surface area contributed by atoms with Crippen molar-refractivity contribution >= 4 is 17.4 Å². The molecule has 5 heteroatoms. The van der Waals surface area contributed by atoms with Gasteiger partial charge in [0.25, 0.3) is 0 Å². The lowest BCUT2D eigenvalue weighted by Gasteiger charge is -2.11. The third kappa shape index (κ3) is 2.18. The highest BCUT2D eigenvalue weighted by molar-refractivity contribution is 6.33. The molecule has 1 fully saturated rings. The van der Waals surface area contributed by atoms with E-state index in [1.807, 2.05) is 7.05 Å². The Labute approximate surface area is 122 Å². The van der Waals surface area contributed by atoms with E-state index in [2.05, 4.69) is 12.0 Å². The van der Waals surface area contributed by atoms with Gasteiger partial charge in [-0.15, -0.1) is 0 Å². The Morgan fingerprint density at radius 1 is 1.45 bits per heavy atom. The number of nitrogens with zero attached hydrogens (tertiary/aromatic N) is 2. The lowest BCUT2D eigenvalue weighted by atomic mass is 9.94. The van der Waals surface area contributed by atoms with E-state index in [4.69, 9.17) is 17.3 Å². The Balaban J connectivity index is 2.16. The number of aromatic nitrogens is 2. The van der Waals surface area contributed by atoms with E-state index in [9.17, 15) is 4.39 Å². The smallest absolute Gasteiger partial charge is 0.129 e. The molecular formula is C15H17ClFN3. The van der Waals surface area contributed by atoms with Crippen LogP contribution in [0.15, 0.2) is 18.2 Å². The van der Waals surface area contributed by atoms with Crippen molar-refractivity contribution in [2.45, 2.75) is 25.7 Å². The molecule has 1 unspecified atom stereocenters. The van der Waals surface area contributed by atoms with Crippen LogP contribution in [0.25, 0.3) is 11.1 Å². The Morgan fingerprint density at radius 2 is 2.15 bits per heavy atom. The summed E-state index contributed by atoms with van der Waals surface area (Å²) in [5.41, 5.74) is 8.70. The molecule has 0 radical (unpaired) electrons. The van der Waals surface area contributed by atoms with Crippen molar-refractivity contribution in [3.8, 4) is 11.1 Å². The summed E-state index contributed by atoms with van der Waals surface area (Å²) in [7, 11) is 1.82. The van der Waals surface area contributed by atoms with Crippen molar-refractivity contribution in [1.82, 2.24) is 9.78 Å². The maximum absolute atomic E-state index is 13.2. The molecule has 0 aliphatic heterocycles. The fraction of sp³-hybridized carbons (Fsp3) is 0.400. The number of benzene rings is 1. The summed E-state index contributed by atoms with van der Waals surface area (Å²) in [5, 5.41) is 4.92. The van der Waals surface area contributed by atoms with Gasteiger partial charge in [-0.25, -0.2) is 4.39 Å². The van der Waals surface area contributed by atoms with Gasteiger partial charge in [0.15, 0.2) is 0 Å². The summed E-state index contributed by atoms with van der Waals surface area (Å²) in [6.45, 7) is 2.17. The van der Waals surface area contributed by atoms with Gasteiger partial charge in [-0.3, -0.25) is 4.68 Å². The van der Waals surface area contributed by atoms with Crippen molar-refractivity contribution < 1.29 is 4.39 Å². The number of rotatable bonds is 3. The average molecular weight is 294 g/mol. The monoisotopic (exact) mass is 293 g/mol. The van der Waals surface area contributed by atoms with Crippen LogP contribution in [0.3, 0.4) is 0 Å². The van der Waals surface area contributed by atoms with Crippen molar-refractivity contribution in [3.63, 3.8) is 0 Å². The summed E-state index contributed by atoms with van der Waals surface area (Å²) in [6.07, 6.45) is 2.46. The van der Waals surface area contributed by atoms with Gasteiger partial charge < -0.3 is 5.73 Å². The van der Waals surface area contributed by atoms with Gasteiger partial charge in [0.2, 0.25) is 0 Å². The molecule has 3 nitrogen and oxygen atoms in total. The highest BCUT2D eigenvalue weighted by Gasteiger charge is 2.33. The Kier molecular flexibility index (Phi) is 3.21. The standard InChI is InChI=1S/C15H17ClFN3/c1-8(9-3-4-9)14-13(15(18)20(2)19-14)11-6-5-10(17)7-12(11)16/h5-9H,3-4,18H2,1-2H3. The number of aryl methyl sites for hydroxylation is 1. The summed E-state index contributed by atoms with van der Waals surface area (Å²) in [6, 6.07) is 4.39. The number of nitrogens with two attached hydrogens (primary N) is 1. The molecule has 1 aliphatic carbocycles. The van der Waals surface area contributed by atoms with Gasteiger partial charge >= 0.3 is 0 Å². The number of halogens is 2. The molecule has 20 heavy (non-hydrogen) atoms. The third-order valence-corrected chi connectivity index (χ3v) is 4.39. The van der Waals surface area contributed by atoms with Crippen LogP contribution in [-0.2, 0) is 7.05 Å². The maximum Gasteiger partial charge on any atom is 0.129 e. The van der Waals surface area contributed by atoms with E-state index >= 15 is 0 Å². The van der Waals surface area contributed by atoms with Crippen LogP contribution in [0.4, 0.5) is 10.2 Å². The largest absolute Gasteiger partial charge is 0.383 e. The minimum Gasteiger partial charge on any atom is -0.383 e. The lowest BCUT2D eigenvalue weighted by molar-refractivity contribution is 0.622. The van der Waals surface area contributed by atoms with E-state index < -0.39 is 0 Å². The van der Waals surface area contributed by atoms with Crippen molar-refractivity contribution in [3.05, 3.63) is 34.7 Å². The molecule has 0 spiro atoms. The van der Waals surface area contributed by atoms with Gasteiger partial charge in [0.05, 0.1) is 10.7 Å². The maximum atomic E-state index is 13.2. The Morgan fingerprint density at radius 3 is 2.75 bits per heavy atom. The van der Waals surface area contributed by atoms with Crippen molar-refractivity contribution in [2.24, 2.45) is 13.0 Å². The Bertz CT molecular complexity index is 661. The molecule has 2 N–H and O–H groups in total. The van der Waals surface area contributed by atoms with E-state index in [1.54, 1.807) is 10.7 Å². The fourth-order valence-electron chi connectivity index (χ4n) is 2.66. The molecule has 1 saturated carbocycles. The van der Waals surface area contributed by atoms with Crippen LogP contribution in [0.5, 0.6) is 0 Å². The average Bonchev–Trinajstić information content (AvgIpc) is 3.19. The Hall–Kier alpha value is -1.55. The first-order valence-corrected chi connectivity index (χ1v) is 7.14. The topological polar surface area (TPSA) is 43.8 Å². The molecule has 0 amide bonds. The zero-order valence-electron chi connectivity index (χ0n) is 11.5. The molecule has 1 heterocycles. The van der Waals surface area contributed by atoms with Gasteiger partial charge in [0, 0.05) is 24.1 Å². The summed E-state index contributed by atoms with van der Waals surface area (Å²) in [5.74, 6) is 1.23. The highest BCUT2D eigenvalue weighted by atomic mass is 35.5. The van der Waals surface area contributed by atoms with E-state index in [1.165, 1.54) is 25.0 Å². The molecule has 1 atom stereocenters. The number of nitrogen functional groups attached to an aromatic ring is 1. The number of hydrogen-bond donors (Lipinski definition) is 1. The molecular weight excluding hydrogens is 277 g/mol. The molecule has 1 aromatic heterocycles. The first-order valence-electron chi connectivity index (χ1n) is 6.76. The molecule has 106 valence electrons. The van der Waals surface area contributed by atoms with Crippen LogP contribution in [0.1, 0.15) is 31.4 Å². The second-order valence-corrected chi connectivity index (χ2v) is 5.93. The first-order chi connectivity index (χ1) is 9.49. The minimum atomic E-state index is -0.349. The second-order valence-electron chi connectivity index (χ2n) is 5.52. The summed E-state index contributed by atoms with van der Waals surface area (Å²) >= 11 is 6.18. The van der Waals surface area contributed by atoms with Gasteiger partial charge in [-0.2, -0.15) is 5.10 Å². The number of anilines is 1. The van der Waals surface area contributed by atoms with Gasteiger partial charge in [0.1, 0.15) is 11.6 Å². The van der Waals surface area contributed by atoms with Crippen LogP contribution >= 0.6 is 11.6 Å². The molecule has 0 bridgehead atoms. The van der Waals surface area contributed by atoms with Crippen LogP contribution in [0.2, 0.25) is 5.02 Å². The lowest BCUT2D eigenvalue weighted by Crippen LogP contribution is -2.00. The fourth-order valence-corrected chi connectivity index (χ4v) is 2.93. The van der Waals surface area contributed by atoms with E-state index in [0.717, 1.165) is 16.8 Å². The van der Waals surface area contributed by atoms with Crippen molar-refractivity contribution in [2.75, 3.05) is 5.73 Å². The van der Waals surface area contributed by atoms with E-state index in [-0.39, 0.29) is 5.82 Å². The SMILES string of the molecule is CC(c1nn(C)c(N)c1-c1ccc(F)cc1Cl)C1CC1. The molecule has 1 aromatic carbocycles.